The number of aryl methyl sites for hydroxylation is 2. The molecule has 4 nitrogen and oxygen atoms in total. The number of nitrogens with one attached hydrogen (secondary N) is 1. The number of thiophene rings is 1. The van der Waals surface area contributed by atoms with Gasteiger partial charge in [0.15, 0.2) is 6.61 Å². The van der Waals surface area contributed by atoms with Crippen LogP contribution in [0.4, 0.5) is 0 Å². The largest absolute Gasteiger partial charge is 0.451 e. The van der Waals surface area contributed by atoms with E-state index in [1.54, 1.807) is 0 Å². The van der Waals surface area contributed by atoms with Gasteiger partial charge in [0.2, 0.25) is 0 Å². The summed E-state index contributed by atoms with van der Waals surface area (Å²) in [6, 6.07) is 9.38. The molecule has 0 saturated heterocycles. The smallest absolute Gasteiger partial charge is 0.348 e. The molecule has 126 valence electrons. The lowest BCUT2D eigenvalue weighted by atomic mass is 10.1. The van der Waals surface area contributed by atoms with Crippen LogP contribution in [0.25, 0.3) is 0 Å². The number of fused-ring (bicyclic) bond motifs is 1. The van der Waals surface area contributed by atoms with Crippen LogP contribution < -0.4 is 5.32 Å². The van der Waals surface area contributed by atoms with Crippen LogP contribution in [0.1, 0.15) is 32.1 Å². The number of ether oxygens (including phenoxy) is 1. The van der Waals surface area contributed by atoms with Gasteiger partial charge in [-0.3, -0.25) is 4.79 Å². The van der Waals surface area contributed by atoms with Crippen molar-refractivity contribution >= 4 is 34.8 Å². The molecule has 3 rings (SSSR count). The van der Waals surface area contributed by atoms with Crippen molar-refractivity contribution < 1.29 is 14.3 Å². The molecule has 1 aromatic heterocycles. The summed E-state index contributed by atoms with van der Waals surface area (Å²) in [5, 5.41) is 3.43. The molecule has 0 radical (unpaired) electrons. The summed E-state index contributed by atoms with van der Waals surface area (Å²) in [7, 11) is 0. The van der Waals surface area contributed by atoms with E-state index < -0.39 is 5.97 Å². The first kappa shape index (κ1) is 17.0. The van der Waals surface area contributed by atoms with Gasteiger partial charge in [-0.05, 0) is 55.0 Å². The Morgan fingerprint density at radius 1 is 1.21 bits per heavy atom. The molecule has 0 spiro atoms. The molecule has 0 fully saturated rings. The van der Waals surface area contributed by atoms with Gasteiger partial charge in [0.05, 0.1) is 0 Å². The van der Waals surface area contributed by atoms with Gasteiger partial charge in [-0.1, -0.05) is 23.7 Å². The first-order chi connectivity index (χ1) is 11.6. The highest BCUT2D eigenvalue weighted by Crippen LogP contribution is 2.30. The van der Waals surface area contributed by atoms with E-state index in [4.69, 9.17) is 16.3 Å². The molecule has 1 aliphatic rings. The topological polar surface area (TPSA) is 55.4 Å². The number of esters is 1. The molecule has 2 aromatic rings. The lowest BCUT2D eigenvalue weighted by Gasteiger charge is -2.06. The molecule has 1 amide bonds. The van der Waals surface area contributed by atoms with Crippen LogP contribution >= 0.6 is 22.9 Å². The van der Waals surface area contributed by atoms with Crippen LogP contribution in [0.2, 0.25) is 5.02 Å². The number of hydrogen-bond acceptors (Lipinski definition) is 4. The van der Waals surface area contributed by atoms with E-state index in [1.165, 1.54) is 21.8 Å². The predicted octanol–water partition coefficient (Wildman–Crippen LogP) is 3.41. The molecule has 0 bridgehead atoms. The second-order valence-electron chi connectivity index (χ2n) is 5.72. The summed E-state index contributed by atoms with van der Waals surface area (Å²) >= 11 is 7.31. The Kier molecular flexibility index (Phi) is 5.53. The summed E-state index contributed by atoms with van der Waals surface area (Å²) in [5.74, 6) is -0.705. The van der Waals surface area contributed by atoms with Gasteiger partial charge in [-0.2, -0.15) is 0 Å². The molecule has 0 unspecified atom stereocenters. The molecule has 0 atom stereocenters. The minimum absolute atomic E-state index is 0.248. The Morgan fingerprint density at radius 3 is 2.75 bits per heavy atom. The number of hydrogen-bond donors (Lipinski definition) is 1. The summed E-state index contributed by atoms with van der Waals surface area (Å²) in [4.78, 5) is 25.6. The zero-order valence-corrected chi connectivity index (χ0v) is 14.7. The molecular formula is C18H18ClNO3S. The first-order valence-electron chi connectivity index (χ1n) is 7.91. The quantitative estimate of drug-likeness (QED) is 0.800. The number of halogens is 1. The van der Waals surface area contributed by atoms with Crippen LogP contribution in [0.5, 0.6) is 0 Å². The van der Waals surface area contributed by atoms with Crippen LogP contribution in [-0.2, 0) is 28.8 Å². The molecule has 1 N–H and O–H groups in total. The fraction of sp³-hybridized carbons (Fsp3) is 0.333. The first-order valence-corrected chi connectivity index (χ1v) is 9.11. The average molecular weight is 364 g/mol. The Morgan fingerprint density at radius 2 is 2.00 bits per heavy atom. The van der Waals surface area contributed by atoms with E-state index in [2.05, 4.69) is 5.32 Å². The van der Waals surface area contributed by atoms with Crippen LogP contribution in [0.15, 0.2) is 30.3 Å². The number of carbonyl (C=O) groups is 2. The van der Waals surface area contributed by atoms with Crippen LogP contribution in [0, 0.1) is 0 Å². The fourth-order valence-electron chi connectivity index (χ4n) is 2.68. The van der Waals surface area contributed by atoms with Crippen molar-refractivity contribution in [3.63, 3.8) is 0 Å². The maximum absolute atomic E-state index is 12.0. The standard InChI is InChI=1S/C18H18ClNO3S/c19-14-6-4-12(5-7-14)8-9-20-17(21)11-23-18(22)16-10-13-2-1-3-15(13)24-16/h4-7,10H,1-3,8-9,11H2,(H,20,21). The molecule has 24 heavy (non-hydrogen) atoms. The molecule has 6 heteroatoms. The van der Waals surface area contributed by atoms with Gasteiger partial charge in [-0.15, -0.1) is 11.3 Å². The number of benzene rings is 1. The molecule has 1 heterocycles. The van der Waals surface area contributed by atoms with E-state index in [9.17, 15) is 9.59 Å². The Labute approximate surface area is 149 Å². The lowest BCUT2D eigenvalue weighted by molar-refractivity contribution is -0.124. The Bertz CT molecular complexity index is 718. The lowest BCUT2D eigenvalue weighted by Crippen LogP contribution is -2.30. The summed E-state index contributed by atoms with van der Waals surface area (Å²) in [5.41, 5.74) is 2.34. The molecule has 1 aromatic carbocycles. The molecule has 0 aliphatic heterocycles. The second kappa shape index (κ2) is 7.81. The molecule has 1 aliphatic carbocycles. The van der Waals surface area contributed by atoms with Gasteiger partial charge >= 0.3 is 5.97 Å². The van der Waals surface area contributed by atoms with Crippen molar-refractivity contribution in [3.05, 3.63) is 56.2 Å². The summed E-state index contributed by atoms with van der Waals surface area (Å²) in [6.45, 7) is 0.243. The Balaban J connectivity index is 1.38. The SMILES string of the molecule is O=C(COC(=O)c1cc2c(s1)CCC2)NCCc1ccc(Cl)cc1. The summed E-state index contributed by atoms with van der Waals surface area (Å²) < 4.78 is 5.09. The van der Waals surface area contributed by atoms with E-state index in [-0.39, 0.29) is 12.5 Å². The van der Waals surface area contributed by atoms with Crippen molar-refractivity contribution in [2.24, 2.45) is 0 Å². The third kappa shape index (κ3) is 4.36. The highest BCUT2D eigenvalue weighted by atomic mass is 35.5. The normalized spacial score (nSPS) is 12.7. The van der Waals surface area contributed by atoms with E-state index in [1.807, 2.05) is 30.3 Å². The average Bonchev–Trinajstić information content (AvgIpc) is 3.16. The monoisotopic (exact) mass is 363 g/mol. The maximum Gasteiger partial charge on any atom is 0.348 e. The number of carbonyl (C=O) groups excluding carboxylic acids is 2. The van der Waals surface area contributed by atoms with E-state index in [0.29, 0.717) is 22.9 Å². The zero-order chi connectivity index (χ0) is 16.9. The Hall–Kier alpha value is -1.85. The number of rotatable bonds is 6. The minimum Gasteiger partial charge on any atom is -0.451 e. The fourth-order valence-corrected chi connectivity index (χ4v) is 3.95. The van der Waals surface area contributed by atoms with Crippen molar-refractivity contribution in [3.8, 4) is 0 Å². The maximum atomic E-state index is 12.0. The van der Waals surface area contributed by atoms with Crippen molar-refractivity contribution in [1.82, 2.24) is 5.32 Å². The third-order valence-electron chi connectivity index (χ3n) is 3.93. The van der Waals surface area contributed by atoms with Gasteiger partial charge in [-0.25, -0.2) is 4.79 Å². The number of amides is 1. The van der Waals surface area contributed by atoms with E-state index in [0.717, 1.165) is 24.8 Å². The van der Waals surface area contributed by atoms with Gasteiger partial charge < -0.3 is 10.1 Å². The minimum atomic E-state index is -0.415. The third-order valence-corrected chi connectivity index (χ3v) is 5.40. The van der Waals surface area contributed by atoms with E-state index >= 15 is 0 Å². The second-order valence-corrected chi connectivity index (χ2v) is 7.29. The highest BCUT2D eigenvalue weighted by Gasteiger charge is 2.19. The molecule has 0 saturated carbocycles. The van der Waals surface area contributed by atoms with Crippen LogP contribution in [0.3, 0.4) is 0 Å². The predicted molar refractivity (Wildman–Crippen MR) is 94.8 cm³/mol. The van der Waals surface area contributed by atoms with Gasteiger partial charge in [0.25, 0.3) is 5.91 Å². The molecular weight excluding hydrogens is 346 g/mol. The zero-order valence-electron chi connectivity index (χ0n) is 13.1. The van der Waals surface area contributed by atoms with Gasteiger partial charge in [0.1, 0.15) is 4.88 Å². The van der Waals surface area contributed by atoms with Crippen molar-refractivity contribution in [1.29, 1.82) is 0 Å². The highest BCUT2D eigenvalue weighted by molar-refractivity contribution is 7.14. The van der Waals surface area contributed by atoms with Crippen LogP contribution in [-0.4, -0.2) is 25.0 Å². The van der Waals surface area contributed by atoms with Gasteiger partial charge in [0, 0.05) is 16.4 Å². The van der Waals surface area contributed by atoms with Crippen molar-refractivity contribution in [2.75, 3.05) is 13.2 Å². The summed E-state index contributed by atoms with van der Waals surface area (Å²) in [6.07, 6.45) is 3.93. The van der Waals surface area contributed by atoms with Crippen molar-refractivity contribution in [2.45, 2.75) is 25.7 Å².